The van der Waals surface area contributed by atoms with Crippen molar-refractivity contribution >= 4 is 17.8 Å². The van der Waals surface area contributed by atoms with Crippen LogP contribution < -0.4 is 0 Å². The van der Waals surface area contributed by atoms with Crippen molar-refractivity contribution in [2.24, 2.45) is 0 Å². The van der Waals surface area contributed by atoms with E-state index in [-0.39, 0.29) is 12.8 Å². The topological polar surface area (TPSA) is 63.7 Å². The van der Waals surface area contributed by atoms with Gasteiger partial charge in [-0.3, -0.25) is 9.59 Å². The maximum absolute atomic E-state index is 12.3. The second-order valence-corrected chi connectivity index (χ2v) is 5.71. The minimum atomic E-state index is -0.621. The van der Waals surface area contributed by atoms with Crippen LogP contribution in [0.25, 0.3) is 11.1 Å². The fraction of sp³-hybridized carbons (Fsp3) is 0.211. The van der Waals surface area contributed by atoms with Crippen molar-refractivity contribution in [3.8, 4) is 11.1 Å². The van der Waals surface area contributed by atoms with Gasteiger partial charge < -0.3 is 4.84 Å². The number of amides is 2. The minimum Gasteiger partial charge on any atom is -0.330 e. The second kappa shape index (κ2) is 6.66. The van der Waals surface area contributed by atoms with Gasteiger partial charge in [-0.25, -0.2) is 4.79 Å². The molecule has 0 aromatic heterocycles. The van der Waals surface area contributed by atoms with E-state index in [1.54, 1.807) is 6.92 Å². The monoisotopic (exact) mass is 323 g/mol. The molecule has 1 aliphatic rings. The molecule has 0 radical (unpaired) electrons. The maximum atomic E-state index is 12.3. The number of hydrogen-bond donors (Lipinski definition) is 0. The van der Waals surface area contributed by atoms with Crippen molar-refractivity contribution in [3.05, 3.63) is 60.2 Å². The summed E-state index contributed by atoms with van der Waals surface area (Å²) in [6, 6.07) is 17.4. The minimum absolute atomic E-state index is 0.0873. The molecule has 5 heteroatoms. The SMILES string of the molecule is CC(C(=O)ON1C(=O)CCC1=O)c1cccc(-c2ccccc2)c1. The molecular weight excluding hydrogens is 306 g/mol. The first-order valence-corrected chi connectivity index (χ1v) is 7.79. The van der Waals surface area contributed by atoms with Gasteiger partial charge in [0.25, 0.3) is 11.8 Å². The fourth-order valence-corrected chi connectivity index (χ4v) is 2.58. The number of hydroxylamine groups is 2. The average Bonchev–Trinajstić information content (AvgIpc) is 2.94. The number of carbonyl (C=O) groups is 3. The Bertz CT molecular complexity index is 769. The van der Waals surface area contributed by atoms with Crippen molar-refractivity contribution in [2.45, 2.75) is 25.7 Å². The first-order valence-electron chi connectivity index (χ1n) is 7.79. The summed E-state index contributed by atoms with van der Waals surface area (Å²) in [6.45, 7) is 1.69. The highest BCUT2D eigenvalue weighted by atomic mass is 16.7. The number of imide groups is 1. The Morgan fingerprint density at radius 3 is 2.25 bits per heavy atom. The Morgan fingerprint density at radius 1 is 0.958 bits per heavy atom. The summed E-state index contributed by atoms with van der Waals surface area (Å²) >= 11 is 0. The summed E-state index contributed by atoms with van der Waals surface area (Å²) in [7, 11) is 0. The molecule has 122 valence electrons. The van der Waals surface area contributed by atoms with E-state index >= 15 is 0 Å². The highest BCUT2D eigenvalue weighted by Gasteiger charge is 2.34. The van der Waals surface area contributed by atoms with Crippen LogP contribution in [0.15, 0.2) is 54.6 Å². The molecule has 0 bridgehead atoms. The van der Waals surface area contributed by atoms with Gasteiger partial charge in [0.1, 0.15) is 0 Å². The Kier molecular flexibility index (Phi) is 4.42. The van der Waals surface area contributed by atoms with E-state index in [9.17, 15) is 14.4 Å². The van der Waals surface area contributed by atoms with Crippen molar-refractivity contribution in [1.82, 2.24) is 5.06 Å². The van der Waals surface area contributed by atoms with Crippen LogP contribution in [0.2, 0.25) is 0 Å². The van der Waals surface area contributed by atoms with Crippen molar-refractivity contribution in [2.75, 3.05) is 0 Å². The van der Waals surface area contributed by atoms with E-state index < -0.39 is 23.7 Å². The summed E-state index contributed by atoms with van der Waals surface area (Å²) in [4.78, 5) is 40.4. The first-order chi connectivity index (χ1) is 11.6. The van der Waals surface area contributed by atoms with E-state index in [2.05, 4.69) is 0 Å². The van der Waals surface area contributed by atoms with Gasteiger partial charge in [0.15, 0.2) is 0 Å². The molecule has 1 heterocycles. The molecule has 0 aliphatic carbocycles. The Morgan fingerprint density at radius 2 is 1.58 bits per heavy atom. The molecule has 1 aliphatic heterocycles. The summed E-state index contributed by atoms with van der Waals surface area (Å²) in [6.07, 6.45) is 0.175. The third-order valence-corrected chi connectivity index (χ3v) is 4.03. The van der Waals surface area contributed by atoms with Gasteiger partial charge in [-0.15, -0.1) is 5.06 Å². The average molecular weight is 323 g/mol. The molecule has 5 nitrogen and oxygen atoms in total. The van der Waals surface area contributed by atoms with E-state index in [1.807, 2.05) is 54.6 Å². The number of rotatable bonds is 4. The lowest BCUT2D eigenvalue weighted by atomic mass is 9.96. The van der Waals surface area contributed by atoms with Crippen LogP contribution in [0.5, 0.6) is 0 Å². The van der Waals surface area contributed by atoms with Gasteiger partial charge in [-0.2, -0.15) is 0 Å². The predicted octanol–water partition coefficient (Wildman–Crippen LogP) is 3.06. The largest absolute Gasteiger partial charge is 0.340 e. The van der Waals surface area contributed by atoms with Gasteiger partial charge in [0.2, 0.25) is 0 Å². The van der Waals surface area contributed by atoms with Gasteiger partial charge in [0, 0.05) is 12.8 Å². The predicted molar refractivity (Wildman–Crippen MR) is 87.5 cm³/mol. The highest BCUT2D eigenvalue weighted by molar-refractivity contribution is 6.01. The van der Waals surface area contributed by atoms with Crippen LogP contribution in [0.3, 0.4) is 0 Å². The molecule has 1 atom stereocenters. The van der Waals surface area contributed by atoms with E-state index in [0.717, 1.165) is 16.7 Å². The first kappa shape index (κ1) is 15.9. The zero-order valence-electron chi connectivity index (χ0n) is 13.3. The molecule has 1 saturated heterocycles. The van der Waals surface area contributed by atoms with Gasteiger partial charge in [-0.1, -0.05) is 54.6 Å². The number of benzene rings is 2. The molecule has 24 heavy (non-hydrogen) atoms. The molecule has 0 saturated carbocycles. The van der Waals surface area contributed by atoms with Crippen LogP contribution >= 0.6 is 0 Å². The Hall–Kier alpha value is -2.95. The van der Waals surface area contributed by atoms with E-state index in [4.69, 9.17) is 4.84 Å². The van der Waals surface area contributed by atoms with Crippen molar-refractivity contribution < 1.29 is 19.2 Å². The van der Waals surface area contributed by atoms with Crippen molar-refractivity contribution in [3.63, 3.8) is 0 Å². The van der Waals surface area contributed by atoms with E-state index in [0.29, 0.717) is 5.06 Å². The lowest BCUT2D eigenvalue weighted by molar-refractivity contribution is -0.198. The summed E-state index contributed by atoms with van der Waals surface area (Å²) < 4.78 is 0. The lowest BCUT2D eigenvalue weighted by Gasteiger charge is -2.17. The van der Waals surface area contributed by atoms with Crippen molar-refractivity contribution in [1.29, 1.82) is 0 Å². The lowest BCUT2D eigenvalue weighted by Crippen LogP contribution is -2.33. The molecule has 0 spiro atoms. The normalized spacial score (nSPS) is 15.5. The Balaban J connectivity index is 1.77. The number of nitrogens with zero attached hydrogens (tertiary/aromatic N) is 1. The zero-order chi connectivity index (χ0) is 17.1. The van der Waals surface area contributed by atoms with Crippen LogP contribution in [-0.2, 0) is 19.2 Å². The highest BCUT2D eigenvalue weighted by Crippen LogP contribution is 2.25. The number of hydrogen-bond acceptors (Lipinski definition) is 4. The number of carbonyl (C=O) groups excluding carboxylic acids is 3. The Labute approximate surface area is 139 Å². The summed E-state index contributed by atoms with van der Waals surface area (Å²) in [5.41, 5.74) is 2.80. The molecule has 2 aromatic rings. The standard InChI is InChI=1S/C19H17NO4/c1-13(19(23)24-20-17(21)10-11-18(20)22)15-8-5-9-16(12-15)14-6-3-2-4-7-14/h2-9,12-13H,10-11H2,1H3. The second-order valence-electron chi connectivity index (χ2n) is 5.71. The van der Waals surface area contributed by atoms with Gasteiger partial charge in [0.05, 0.1) is 5.92 Å². The molecule has 2 aromatic carbocycles. The summed E-state index contributed by atoms with van der Waals surface area (Å²) in [5, 5.41) is 0.583. The third-order valence-electron chi connectivity index (χ3n) is 4.03. The van der Waals surface area contributed by atoms with Crippen LogP contribution in [0.1, 0.15) is 31.2 Å². The maximum Gasteiger partial charge on any atom is 0.340 e. The molecule has 1 fully saturated rings. The molecule has 2 amide bonds. The third kappa shape index (κ3) is 3.20. The quantitative estimate of drug-likeness (QED) is 0.811. The van der Waals surface area contributed by atoms with Crippen LogP contribution in [0, 0.1) is 0 Å². The van der Waals surface area contributed by atoms with Gasteiger partial charge >= 0.3 is 5.97 Å². The smallest absolute Gasteiger partial charge is 0.330 e. The molecular formula is C19H17NO4. The molecule has 3 rings (SSSR count). The molecule has 1 unspecified atom stereocenters. The van der Waals surface area contributed by atoms with Crippen LogP contribution in [0.4, 0.5) is 0 Å². The van der Waals surface area contributed by atoms with Gasteiger partial charge in [-0.05, 0) is 23.6 Å². The zero-order valence-corrected chi connectivity index (χ0v) is 13.3. The van der Waals surface area contributed by atoms with E-state index in [1.165, 1.54) is 0 Å². The summed E-state index contributed by atoms with van der Waals surface area (Å²) in [5.74, 6) is -2.16. The molecule has 0 N–H and O–H groups in total. The van der Waals surface area contributed by atoms with Crippen LogP contribution in [-0.4, -0.2) is 22.8 Å². The fourth-order valence-electron chi connectivity index (χ4n) is 2.58.